The first kappa shape index (κ1) is 13.8. The molecule has 0 unspecified atom stereocenters. The van der Waals surface area contributed by atoms with Gasteiger partial charge >= 0.3 is 0 Å². The fourth-order valence-corrected chi connectivity index (χ4v) is 3.31. The Hall–Kier alpha value is -1.80. The van der Waals surface area contributed by atoms with E-state index in [1.807, 2.05) is 5.51 Å². The second kappa shape index (κ2) is 5.77. The molecule has 1 aliphatic heterocycles. The number of likely N-dealkylation sites (tertiary alicyclic amines) is 1. The van der Waals surface area contributed by atoms with Crippen molar-refractivity contribution >= 4 is 17.2 Å². The van der Waals surface area contributed by atoms with E-state index in [-0.39, 0.29) is 17.8 Å². The SMILES string of the molecule is O=C(NC1CC1)c1noc([C@@H]2CCCN2Cc2cscn2)n1. The van der Waals surface area contributed by atoms with Gasteiger partial charge in [-0.15, -0.1) is 11.3 Å². The van der Waals surface area contributed by atoms with E-state index in [1.54, 1.807) is 11.3 Å². The monoisotopic (exact) mass is 319 g/mol. The molecular weight excluding hydrogens is 302 g/mol. The average Bonchev–Trinajstić information content (AvgIpc) is 2.98. The molecule has 7 nitrogen and oxygen atoms in total. The van der Waals surface area contributed by atoms with Crippen molar-refractivity contribution in [1.82, 2.24) is 25.3 Å². The summed E-state index contributed by atoms with van der Waals surface area (Å²) in [4.78, 5) is 22.9. The number of thiazole rings is 1. The molecule has 0 aromatic carbocycles. The van der Waals surface area contributed by atoms with Crippen molar-refractivity contribution in [3.8, 4) is 0 Å². The Bertz CT molecular complexity index is 652. The Morgan fingerprint density at radius 3 is 3.14 bits per heavy atom. The summed E-state index contributed by atoms with van der Waals surface area (Å²) in [5.41, 5.74) is 2.90. The number of rotatable bonds is 5. The average molecular weight is 319 g/mol. The number of hydrogen-bond acceptors (Lipinski definition) is 7. The van der Waals surface area contributed by atoms with Crippen molar-refractivity contribution < 1.29 is 9.32 Å². The maximum Gasteiger partial charge on any atom is 0.292 e. The van der Waals surface area contributed by atoms with E-state index in [9.17, 15) is 4.79 Å². The lowest BCUT2D eigenvalue weighted by Crippen LogP contribution is -2.27. The highest BCUT2D eigenvalue weighted by molar-refractivity contribution is 7.07. The van der Waals surface area contributed by atoms with Gasteiger partial charge in [-0.2, -0.15) is 4.98 Å². The summed E-state index contributed by atoms with van der Waals surface area (Å²) in [6, 6.07) is 0.374. The molecule has 0 spiro atoms. The van der Waals surface area contributed by atoms with Crippen LogP contribution in [0.2, 0.25) is 0 Å². The molecular formula is C14H17N5O2S. The zero-order chi connectivity index (χ0) is 14.9. The molecule has 1 aliphatic carbocycles. The molecule has 0 radical (unpaired) electrons. The van der Waals surface area contributed by atoms with Crippen LogP contribution in [0.4, 0.5) is 0 Å². The molecule has 3 heterocycles. The summed E-state index contributed by atoms with van der Waals surface area (Å²) < 4.78 is 5.34. The number of hydrogen-bond donors (Lipinski definition) is 1. The molecule has 4 rings (SSSR count). The molecule has 2 aromatic rings. The topological polar surface area (TPSA) is 84.2 Å². The van der Waals surface area contributed by atoms with E-state index in [2.05, 4.69) is 30.7 Å². The molecule has 1 amide bonds. The Morgan fingerprint density at radius 1 is 1.45 bits per heavy atom. The van der Waals surface area contributed by atoms with Crippen molar-refractivity contribution in [2.75, 3.05) is 6.54 Å². The van der Waals surface area contributed by atoms with Crippen LogP contribution in [0.1, 0.15) is 53.9 Å². The number of nitrogens with zero attached hydrogens (tertiary/aromatic N) is 4. The molecule has 116 valence electrons. The Kier molecular flexibility index (Phi) is 3.63. The fourth-order valence-electron chi connectivity index (χ4n) is 2.76. The van der Waals surface area contributed by atoms with Crippen LogP contribution in [0.15, 0.2) is 15.4 Å². The van der Waals surface area contributed by atoms with E-state index in [1.165, 1.54) is 0 Å². The molecule has 2 aliphatic rings. The lowest BCUT2D eigenvalue weighted by Gasteiger charge is -2.20. The van der Waals surface area contributed by atoms with Gasteiger partial charge in [-0.25, -0.2) is 4.98 Å². The third-order valence-electron chi connectivity index (χ3n) is 4.05. The van der Waals surface area contributed by atoms with Crippen LogP contribution >= 0.6 is 11.3 Å². The summed E-state index contributed by atoms with van der Waals surface area (Å²) in [6.45, 7) is 1.76. The quantitative estimate of drug-likeness (QED) is 0.904. The predicted octanol–water partition coefficient (Wildman–Crippen LogP) is 1.76. The summed E-state index contributed by atoms with van der Waals surface area (Å²) >= 11 is 1.60. The number of carbonyl (C=O) groups is 1. The largest absolute Gasteiger partial charge is 0.346 e. The molecule has 22 heavy (non-hydrogen) atoms. The third-order valence-corrected chi connectivity index (χ3v) is 4.69. The summed E-state index contributed by atoms with van der Waals surface area (Å²) in [5.74, 6) is 0.442. The second-order valence-corrected chi connectivity index (χ2v) is 6.53. The second-order valence-electron chi connectivity index (χ2n) is 5.81. The van der Waals surface area contributed by atoms with Gasteiger partial charge in [-0.05, 0) is 32.2 Å². The highest BCUT2D eigenvalue weighted by atomic mass is 32.1. The normalized spacial score (nSPS) is 22.1. The van der Waals surface area contributed by atoms with E-state index in [4.69, 9.17) is 4.52 Å². The smallest absolute Gasteiger partial charge is 0.292 e. The number of amides is 1. The zero-order valence-corrected chi connectivity index (χ0v) is 12.9. The van der Waals surface area contributed by atoms with Gasteiger partial charge in [0, 0.05) is 18.0 Å². The lowest BCUT2D eigenvalue weighted by molar-refractivity contribution is 0.0937. The fraction of sp³-hybridized carbons (Fsp3) is 0.571. The molecule has 1 saturated heterocycles. The van der Waals surface area contributed by atoms with Gasteiger partial charge < -0.3 is 9.84 Å². The van der Waals surface area contributed by atoms with Gasteiger partial charge in [0.25, 0.3) is 11.7 Å². The van der Waals surface area contributed by atoms with Crippen molar-refractivity contribution in [3.63, 3.8) is 0 Å². The van der Waals surface area contributed by atoms with Crippen molar-refractivity contribution in [2.45, 2.75) is 44.3 Å². The van der Waals surface area contributed by atoms with Gasteiger partial charge in [0.2, 0.25) is 5.89 Å². The Morgan fingerprint density at radius 2 is 2.36 bits per heavy atom. The third kappa shape index (κ3) is 2.89. The van der Waals surface area contributed by atoms with E-state index < -0.39 is 0 Å². The minimum atomic E-state index is -0.235. The number of nitrogens with one attached hydrogen (secondary N) is 1. The summed E-state index contributed by atoms with van der Waals surface area (Å²) in [6.07, 6.45) is 4.14. The minimum absolute atomic E-state index is 0.0803. The first-order valence-corrected chi connectivity index (χ1v) is 8.49. The first-order valence-electron chi connectivity index (χ1n) is 7.55. The van der Waals surface area contributed by atoms with Crippen molar-refractivity contribution in [1.29, 1.82) is 0 Å². The van der Waals surface area contributed by atoms with Crippen molar-refractivity contribution in [3.05, 3.63) is 28.3 Å². The molecule has 1 N–H and O–H groups in total. The predicted molar refractivity (Wildman–Crippen MR) is 79.3 cm³/mol. The highest BCUT2D eigenvalue weighted by Gasteiger charge is 2.32. The highest BCUT2D eigenvalue weighted by Crippen LogP contribution is 2.32. The molecule has 1 saturated carbocycles. The Balaban J connectivity index is 1.45. The van der Waals surface area contributed by atoms with E-state index in [0.29, 0.717) is 11.9 Å². The van der Waals surface area contributed by atoms with Crippen LogP contribution in [0.5, 0.6) is 0 Å². The van der Waals surface area contributed by atoms with Gasteiger partial charge in [-0.3, -0.25) is 9.69 Å². The summed E-state index contributed by atoms with van der Waals surface area (Å²) in [5, 5.41) is 8.76. The zero-order valence-electron chi connectivity index (χ0n) is 12.1. The van der Waals surface area contributed by atoms with Gasteiger partial charge in [0.05, 0.1) is 17.2 Å². The standard InChI is InChI=1S/C14H17N5O2S/c20-13(16-9-3-4-9)12-17-14(21-18-12)11-2-1-5-19(11)6-10-7-22-8-15-10/h7-9,11H,1-6H2,(H,16,20)/t11-/m0/s1. The van der Waals surface area contributed by atoms with E-state index >= 15 is 0 Å². The first-order chi connectivity index (χ1) is 10.8. The number of carbonyl (C=O) groups excluding carboxylic acids is 1. The number of aromatic nitrogens is 3. The van der Waals surface area contributed by atoms with Crippen LogP contribution < -0.4 is 5.32 Å². The van der Waals surface area contributed by atoms with Gasteiger partial charge in [0.1, 0.15) is 0 Å². The maximum absolute atomic E-state index is 11.9. The molecule has 2 aromatic heterocycles. The summed E-state index contributed by atoms with van der Waals surface area (Å²) in [7, 11) is 0. The Labute approximate surface area is 131 Å². The lowest BCUT2D eigenvalue weighted by atomic mass is 10.2. The van der Waals surface area contributed by atoms with Crippen LogP contribution in [-0.2, 0) is 6.54 Å². The molecule has 0 bridgehead atoms. The van der Waals surface area contributed by atoms with Crippen molar-refractivity contribution in [2.24, 2.45) is 0 Å². The minimum Gasteiger partial charge on any atom is -0.346 e. The van der Waals surface area contributed by atoms with E-state index in [0.717, 1.165) is 44.5 Å². The maximum atomic E-state index is 11.9. The van der Waals surface area contributed by atoms with Gasteiger partial charge in [0.15, 0.2) is 0 Å². The molecule has 2 fully saturated rings. The van der Waals surface area contributed by atoms with Crippen LogP contribution in [0.3, 0.4) is 0 Å². The van der Waals surface area contributed by atoms with Gasteiger partial charge in [-0.1, -0.05) is 5.16 Å². The van der Waals surface area contributed by atoms with Crippen LogP contribution in [0, 0.1) is 0 Å². The van der Waals surface area contributed by atoms with Crippen LogP contribution in [-0.4, -0.2) is 38.5 Å². The van der Waals surface area contributed by atoms with Crippen LogP contribution in [0.25, 0.3) is 0 Å². The molecule has 1 atom stereocenters. The molecule has 8 heteroatoms.